The third-order valence-electron chi connectivity index (χ3n) is 1.66. The molecule has 2 N–H and O–H groups in total. The van der Waals surface area contributed by atoms with Crippen LogP contribution >= 0.6 is 0 Å². The summed E-state index contributed by atoms with van der Waals surface area (Å²) in [5, 5.41) is 3.25. The zero-order valence-corrected chi connectivity index (χ0v) is 6.72. The van der Waals surface area contributed by atoms with E-state index in [1.807, 2.05) is 0 Å². The number of carbonyl (C=O) groups is 1. The fourth-order valence-electron chi connectivity index (χ4n) is 1.14. The Morgan fingerprint density at radius 2 is 2.64 bits per heavy atom. The topological polar surface area (TPSA) is 50.4 Å². The average molecular weight is 158 g/mol. The van der Waals surface area contributed by atoms with Crippen molar-refractivity contribution in [2.24, 2.45) is 0 Å². The van der Waals surface area contributed by atoms with E-state index in [-0.39, 0.29) is 5.91 Å². The lowest BCUT2D eigenvalue weighted by Gasteiger charge is -2.09. The van der Waals surface area contributed by atoms with Gasteiger partial charge in [0, 0.05) is 13.0 Å². The van der Waals surface area contributed by atoms with Crippen LogP contribution < -0.4 is 10.8 Å². The van der Waals surface area contributed by atoms with E-state index in [9.17, 15) is 4.79 Å². The first kappa shape index (κ1) is 8.49. The van der Waals surface area contributed by atoms with Gasteiger partial charge in [-0.25, -0.2) is 5.48 Å². The molecule has 1 aliphatic heterocycles. The van der Waals surface area contributed by atoms with E-state index in [0.717, 1.165) is 13.0 Å². The molecular formula is C7H14N2O2. The second-order valence-corrected chi connectivity index (χ2v) is 2.76. The van der Waals surface area contributed by atoms with Crippen molar-refractivity contribution < 1.29 is 9.63 Å². The number of amides is 1. The van der Waals surface area contributed by atoms with Crippen LogP contribution in [0, 0.1) is 0 Å². The van der Waals surface area contributed by atoms with Gasteiger partial charge in [0.05, 0.1) is 6.61 Å². The van der Waals surface area contributed by atoms with Crippen molar-refractivity contribution in [1.82, 2.24) is 10.8 Å². The van der Waals surface area contributed by atoms with E-state index in [2.05, 4.69) is 10.8 Å². The molecule has 1 amide bonds. The van der Waals surface area contributed by atoms with Gasteiger partial charge < -0.3 is 5.32 Å². The molecule has 1 fully saturated rings. The highest BCUT2D eigenvalue weighted by Gasteiger charge is 2.13. The Balaban J connectivity index is 1.98. The fraction of sp³-hybridized carbons (Fsp3) is 0.857. The maximum Gasteiger partial charge on any atom is 0.240 e. The quantitative estimate of drug-likeness (QED) is 0.559. The van der Waals surface area contributed by atoms with Crippen molar-refractivity contribution in [2.45, 2.75) is 25.8 Å². The molecule has 0 unspecified atom stereocenters. The van der Waals surface area contributed by atoms with Crippen molar-refractivity contribution in [3.8, 4) is 0 Å². The lowest BCUT2D eigenvalue weighted by Crippen LogP contribution is -2.31. The Morgan fingerprint density at radius 1 is 1.82 bits per heavy atom. The Morgan fingerprint density at radius 3 is 3.18 bits per heavy atom. The smallest absolute Gasteiger partial charge is 0.240 e. The van der Waals surface area contributed by atoms with Crippen molar-refractivity contribution in [3.63, 3.8) is 0 Å². The third-order valence-corrected chi connectivity index (χ3v) is 1.66. The standard InChI is InChI=1S/C7H14N2O2/c1-6(10)9-11-5-7-3-2-4-8-7/h7-8H,2-5H2,1H3,(H,9,10)/t7-/m0/s1. The Labute approximate surface area is 66.3 Å². The average Bonchev–Trinajstić information content (AvgIpc) is 2.39. The predicted octanol–water partition coefficient (Wildman–Crippen LogP) is -0.194. The molecule has 1 rings (SSSR count). The van der Waals surface area contributed by atoms with Gasteiger partial charge in [0.25, 0.3) is 0 Å². The molecule has 0 spiro atoms. The lowest BCUT2D eigenvalue weighted by molar-refractivity contribution is -0.131. The summed E-state index contributed by atoms with van der Waals surface area (Å²) in [5.41, 5.74) is 2.29. The summed E-state index contributed by atoms with van der Waals surface area (Å²) in [6.45, 7) is 3.07. The molecule has 0 aromatic rings. The van der Waals surface area contributed by atoms with E-state index in [1.54, 1.807) is 0 Å². The molecule has 0 saturated carbocycles. The van der Waals surface area contributed by atoms with E-state index in [1.165, 1.54) is 13.3 Å². The second-order valence-electron chi connectivity index (χ2n) is 2.76. The molecule has 0 aromatic heterocycles. The minimum atomic E-state index is -0.150. The van der Waals surface area contributed by atoms with Gasteiger partial charge in [-0.05, 0) is 19.4 Å². The van der Waals surface area contributed by atoms with Crippen LogP contribution in [0.5, 0.6) is 0 Å². The van der Waals surface area contributed by atoms with E-state index < -0.39 is 0 Å². The highest BCUT2D eigenvalue weighted by atomic mass is 16.7. The molecule has 0 radical (unpaired) electrons. The SMILES string of the molecule is CC(=O)NOC[C@@H]1CCCN1. The van der Waals surface area contributed by atoms with Gasteiger partial charge in [-0.3, -0.25) is 9.63 Å². The van der Waals surface area contributed by atoms with Crippen LogP contribution in [-0.4, -0.2) is 25.1 Å². The van der Waals surface area contributed by atoms with Gasteiger partial charge >= 0.3 is 0 Å². The van der Waals surface area contributed by atoms with Crippen molar-refractivity contribution in [3.05, 3.63) is 0 Å². The summed E-state index contributed by atoms with van der Waals surface area (Å²) in [6, 6.07) is 0.418. The van der Waals surface area contributed by atoms with Crippen LogP contribution in [0.1, 0.15) is 19.8 Å². The van der Waals surface area contributed by atoms with Gasteiger partial charge in [-0.15, -0.1) is 0 Å². The number of hydrogen-bond donors (Lipinski definition) is 2. The van der Waals surface area contributed by atoms with Crippen LogP contribution in [0.3, 0.4) is 0 Å². The molecule has 1 aliphatic rings. The molecule has 1 heterocycles. The van der Waals surface area contributed by atoms with Crippen LogP contribution in [0.4, 0.5) is 0 Å². The summed E-state index contributed by atoms with van der Waals surface area (Å²) < 4.78 is 0. The zero-order chi connectivity index (χ0) is 8.10. The van der Waals surface area contributed by atoms with Gasteiger partial charge in [0.15, 0.2) is 0 Å². The van der Waals surface area contributed by atoms with Crippen LogP contribution in [0.25, 0.3) is 0 Å². The van der Waals surface area contributed by atoms with Crippen LogP contribution in [0.15, 0.2) is 0 Å². The Hall–Kier alpha value is -0.610. The second kappa shape index (κ2) is 4.31. The first-order valence-electron chi connectivity index (χ1n) is 3.91. The summed E-state index contributed by atoms with van der Waals surface area (Å²) in [7, 11) is 0. The zero-order valence-electron chi connectivity index (χ0n) is 6.72. The summed E-state index contributed by atoms with van der Waals surface area (Å²) >= 11 is 0. The van der Waals surface area contributed by atoms with Crippen molar-refractivity contribution in [1.29, 1.82) is 0 Å². The largest absolute Gasteiger partial charge is 0.312 e. The van der Waals surface area contributed by atoms with E-state index >= 15 is 0 Å². The Bertz CT molecular complexity index is 132. The van der Waals surface area contributed by atoms with Crippen LogP contribution in [0.2, 0.25) is 0 Å². The highest BCUT2D eigenvalue weighted by molar-refractivity contribution is 5.71. The maximum atomic E-state index is 10.4. The number of hydroxylamine groups is 1. The molecule has 0 bridgehead atoms. The van der Waals surface area contributed by atoms with Crippen LogP contribution in [-0.2, 0) is 9.63 Å². The third kappa shape index (κ3) is 3.34. The lowest BCUT2D eigenvalue weighted by atomic mass is 10.2. The molecule has 0 aliphatic carbocycles. The predicted molar refractivity (Wildman–Crippen MR) is 40.8 cm³/mol. The molecule has 4 heteroatoms. The molecule has 1 saturated heterocycles. The highest BCUT2D eigenvalue weighted by Crippen LogP contribution is 2.03. The van der Waals surface area contributed by atoms with Crippen molar-refractivity contribution >= 4 is 5.91 Å². The molecule has 4 nitrogen and oxygen atoms in total. The van der Waals surface area contributed by atoms with E-state index in [0.29, 0.717) is 12.6 Å². The van der Waals surface area contributed by atoms with Gasteiger partial charge in [-0.2, -0.15) is 0 Å². The summed E-state index contributed by atoms with van der Waals surface area (Å²) in [4.78, 5) is 15.3. The Kier molecular flexibility index (Phi) is 3.32. The number of carbonyl (C=O) groups excluding carboxylic acids is 1. The molecule has 0 aromatic carbocycles. The van der Waals surface area contributed by atoms with Gasteiger partial charge in [-0.1, -0.05) is 0 Å². The van der Waals surface area contributed by atoms with Gasteiger partial charge in [0.1, 0.15) is 0 Å². The normalized spacial score (nSPS) is 23.5. The molecule has 64 valence electrons. The minimum absolute atomic E-state index is 0.150. The molecule has 1 atom stereocenters. The van der Waals surface area contributed by atoms with Crippen molar-refractivity contribution in [2.75, 3.05) is 13.2 Å². The minimum Gasteiger partial charge on any atom is -0.312 e. The van der Waals surface area contributed by atoms with Gasteiger partial charge in [0.2, 0.25) is 5.91 Å². The maximum absolute atomic E-state index is 10.4. The molecule has 11 heavy (non-hydrogen) atoms. The fourth-order valence-corrected chi connectivity index (χ4v) is 1.14. The first-order chi connectivity index (χ1) is 5.29. The number of nitrogens with one attached hydrogen (secondary N) is 2. The number of hydrogen-bond acceptors (Lipinski definition) is 3. The summed E-state index contributed by atoms with van der Waals surface area (Å²) in [6.07, 6.45) is 2.34. The first-order valence-corrected chi connectivity index (χ1v) is 3.91. The summed E-state index contributed by atoms with van der Waals surface area (Å²) in [5.74, 6) is -0.150. The number of rotatable bonds is 3. The molecular weight excluding hydrogens is 144 g/mol. The monoisotopic (exact) mass is 158 g/mol. The van der Waals surface area contributed by atoms with E-state index in [4.69, 9.17) is 4.84 Å².